The number of hydrogen-bond acceptors (Lipinski definition) is 4. The molecular formula is C25H24N2O3. The van der Waals surface area contributed by atoms with E-state index < -0.39 is 5.92 Å². The van der Waals surface area contributed by atoms with Crippen LogP contribution in [0, 0.1) is 0 Å². The lowest BCUT2D eigenvalue weighted by Gasteiger charge is -2.26. The van der Waals surface area contributed by atoms with E-state index in [9.17, 15) is 9.90 Å². The van der Waals surface area contributed by atoms with Gasteiger partial charge in [-0.2, -0.15) is 5.10 Å². The highest BCUT2D eigenvalue weighted by molar-refractivity contribution is 5.91. The van der Waals surface area contributed by atoms with Crippen molar-refractivity contribution in [3.05, 3.63) is 89.0 Å². The van der Waals surface area contributed by atoms with E-state index in [2.05, 4.69) is 31.3 Å². The maximum atomic E-state index is 13.1. The molecule has 0 spiro atoms. The Kier molecular flexibility index (Phi) is 5.04. The van der Waals surface area contributed by atoms with Crippen molar-refractivity contribution in [1.29, 1.82) is 0 Å². The molecule has 0 bridgehead atoms. The van der Waals surface area contributed by atoms with Crippen LogP contribution in [0.15, 0.2) is 71.8 Å². The zero-order valence-corrected chi connectivity index (χ0v) is 17.2. The third-order valence-corrected chi connectivity index (χ3v) is 5.21. The number of ether oxygens (including phenoxy) is 1. The van der Waals surface area contributed by atoms with E-state index in [-0.39, 0.29) is 17.1 Å². The maximum Gasteiger partial charge on any atom is 0.252 e. The second-order valence-electron chi connectivity index (χ2n) is 8.37. The summed E-state index contributed by atoms with van der Waals surface area (Å²) in [5.74, 6) is 0.646. The molecule has 0 unspecified atom stereocenters. The number of hydrazone groups is 1. The Morgan fingerprint density at radius 2 is 1.60 bits per heavy atom. The van der Waals surface area contributed by atoms with Crippen LogP contribution in [0.4, 0.5) is 0 Å². The third-order valence-electron chi connectivity index (χ3n) is 5.21. The van der Waals surface area contributed by atoms with Gasteiger partial charge in [0.05, 0.1) is 12.1 Å². The van der Waals surface area contributed by atoms with Gasteiger partial charge in [-0.3, -0.25) is 4.79 Å². The van der Waals surface area contributed by atoms with Crippen molar-refractivity contribution in [3.63, 3.8) is 0 Å². The van der Waals surface area contributed by atoms with E-state index in [1.165, 1.54) is 6.21 Å². The molecule has 0 radical (unpaired) electrons. The predicted molar refractivity (Wildman–Crippen MR) is 117 cm³/mol. The molecule has 0 fully saturated rings. The Labute approximate surface area is 176 Å². The number of phenols is 1. The third kappa shape index (κ3) is 3.79. The molecular weight excluding hydrogens is 376 g/mol. The first-order valence-corrected chi connectivity index (χ1v) is 9.87. The second-order valence-corrected chi connectivity index (χ2v) is 8.37. The molecule has 4 rings (SSSR count). The standard InChI is InChI=1S/C25H24N2O3/c1-25(2,3)17-12-13-20(28)16(14-17)15-26-27-24(29)23-18-8-4-6-10-21(18)30-22-11-7-5-9-19(22)23/h4-15,23,28H,1-3H3,(H,27,29)/b26-15-. The van der Waals surface area contributed by atoms with E-state index in [0.29, 0.717) is 17.1 Å². The molecule has 5 heteroatoms. The summed E-state index contributed by atoms with van der Waals surface area (Å²) >= 11 is 0. The number of nitrogens with one attached hydrogen (secondary N) is 1. The topological polar surface area (TPSA) is 70.9 Å². The number of nitrogens with zero attached hydrogens (tertiary/aromatic N) is 1. The van der Waals surface area contributed by atoms with Gasteiger partial charge in [0, 0.05) is 16.7 Å². The number of aromatic hydroxyl groups is 1. The summed E-state index contributed by atoms with van der Waals surface area (Å²) in [5.41, 5.74) is 5.78. The van der Waals surface area contributed by atoms with Gasteiger partial charge in [0.15, 0.2) is 0 Å². The molecule has 0 atom stereocenters. The lowest BCUT2D eigenvalue weighted by molar-refractivity contribution is -0.121. The largest absolute Gasteiger partial charge is 0.507 e. The number of carbonyl (C=O) groups excluding carboxylic acids is 1. The van der Waals surface area contributed by atoms with Crippen molar-refractivity contribution in [2.24, 2.45) is 5.10 Å². The molecule has 3 aromatic carbocycles. The Balaban J connectivity index is 1.60. The molecule has 152 valence electrons. The Morgan fingerprint density at radius 3 is 2.20 bits per heavy atom. The fraction of sp³-hybridized carbons (Fsp3) is 0.200. The lowest BCUT2D eigenvalue weighted by atomic mass is 9.86. The number of para-hydroxylation sites is 2. The second kappa shape index (κ2) is 7.67. The van der Waals surface area contributed by atoms with Crippen LogP contribution in [-0.4, -0.2) is 17.2 Å². The summed E-state index contributed by atoms with van der Waals surface area (Å²) in [6.45, 7) is 6.30. The molecule has 30 heavy (non-hydrogen) atoms. The van der Waals surface area contributed by atoms with Crippen LogP contribution in [0.1, 0.15) is 48.9 Å². The van der Waals surface area contributed by atoms with Gasteiger partial charge in [0.1, 0.15) is 17.2 Å². The minimum atomic E-state index is -0.530. The van der Waals surface area contributed by atoms with Gasteiger partial charge >= 0.3 is 0 Å². The molecule has 5 nitrogen and oxygen atoms in total. The van der Waals surface area contributed by atoms with E-state index in [1.54, 1.807) is 6.07 Å². The zero-order chi connectivity index (χ0) is 21.3. The Morgan fingerprint density at radius 1 is 1.00 bits per heavy atom. The zero-order valence-electron chi connectivity index (χ0n) is 17.2. The van der Waals surface area contributed by atoms with Crippen LogP contribution in [0.3, 0.4) is 0 Å². The number of amides is 1. The molecule has 0 aliphatic carbocycles. The van der Waals surface area contributed by atoms with Crippen molar-refractivity contribution in [2.45, 2.75) is 32.1 Å². The van der Waals surface area contributed by atoms with E-state index in [4.69, 9.17) is 4.74 Å². The van der Waals surface area contributed by atoms with Crippen molar-refractivity contribution in [1.82, 2.24) is 5.43 Å². The van der Waals surface area contributed by atoms with Gasteiger partial charge in [0.25, 0.3) is 5.91 Å². The lowest BCUT2D eigenvalue weighted by Crippen LogP contribution is -2.28. The van der Waals surface area contributed by atoms with E-state index in [1.807, 2.05) is 60.7 Å². The molecule has 1 amide bonds. The quantitative estimate of drug-likeness (QED) is 0.476. The molecule has 3 aromatic rings. The number of hydrogen-bond donors (Lipinski definition) is 2. The highest BCUT2D eigenvalue weighted by Crippen LogP contribution is 2.43. The number of carbonyl (C=O) groups is 1. The molecule has 1 aliphatic heterocycles. The number of fused-ring (bicyclic) bond motifs is 2. The van der Waals surface area contributed by atoms with Crippen LogP contribution in [0.2, 0.25) is 0 Å². The molecule has 0 aromatic heterocycles. The van der Waals surface area contributed by atoms with Crippen molar-refractivity contribution in [2.75, 3.05) is 0 Å². The van der Waals surface area contributed by atoms with Crippen LogP contribution < -0.4 is 10.2 Å². The van der Waals surface area contributed by atoms with Crippen LogP contribution in [0.25, 0.3) is 0 Å². The number of benzene rings is 3. The summed E-state index contributed by atoms with van der Waals surface area (Å²) in [6, 6.07) is 20.4. The normalized spacial score (nSPS) is 13.4. The van der Waals surface area contributed by atoms with Gasteiger partial charge in [-0.15, -0.1) is 0 Å². The van der Waals surface area contributed by atoms with Gasteiger partial charge < -0.3 is 9.84 Å². The average Bonchev–Trinajstić information content (AvgIpc) is 2.72. The SMILES string of the molecule is CC(C)(C)c1ccc(O)c(/C=N\NC(=O)C2c3ccccc3Oc3ccccc32)c1. The van der Waals surface area contributed by atoms with Gasteiger partial charge in [-0.05, 0) is 35.2 Å². The van der Waals surface area contributed by atoms with Crippen LogP contribution in [-0.2, 0) is 10.2 Å². The maximum absolute atomic E-state index is 13.1. The minimum Gasteiger partial charge on any atom is -0.507 e. The molecule has 1 aliphatic rings. The van der Waals surface area contributed by atoms with Crippen molar-refractivity contribution >= 4 is 12.1 Å². The summed E-state index contributed by atoms with van der Waals surface area (Å²) in [7, 11) is 0. The van der Waals surface area contributed by atoms with Gasteiger partial charge in [-0.1, -0.05) is 63.2 Å². The summed E-state index contributed by atoms with van der Waals surface area (Å²) < 4.78 is 5.94. The number of phenolic OH excluding ortho intramolecular Hbond substituents is 1. The van der Waals surface area contributed by atoms with Gasteiger partial charge in [0.2, 0.25) is 0 Å². The van der Waals surface area contributed by atoms with Crippen LogP contribution in [0.5, 0.6) is 17.2 Å². The fourth-order valence-electron chi connectivity index (χ4n) is 3.55. The summed E-state index contributed by atoms with van der Waals surface area (Å²) in [6.07, 6.45) is 1.47. The molecule has 0 saturated carbocycles. The Bertz CT molecular complexity index is 1080. The number of rotatable bonds is 3. The Hall–Kier alpha value is -3.60. The smallest absolute Gasteiger partial charge is 0.252 e. The molecule has 2 N–H and O–H groups in total. The minimum absolute atomic E-state index is 0.0605. The first-order chi connectivity index (χ1) is 14.3. The van der Waals surface area contributed by atoms with Crippen molar-refractivity contribution < 1.29 is 14.6 Å². The van der Waals surface area contributed by atoms with Crippen molar-refractivity contribution in [3.8, 4) is 17.2 Å². The highest BCUT2D eigenvalue weighted by atomic mass is 16.5. The molecule has 1 heterocycles. The first kappa shape index (κ1) is 19.7. The van der Waals surface area contributed by atoms with E-state index in [0.717, 1.165) is 16.7 Å². The monoisotopic (exact) mass is 400 g/mol. The summed E-state index contributed by atoms with van der Waals surface area (Å²) in [5, 5.41) is 14.3. The fourth-order valence-corrected chi connectivity index (χ4v) is 3.55. The highest BCUT2D eigenvalue weighted by Gasteiger charge is 2.32. The predicted octanol–water partition coefficient (Wildman–Crippen LogP) is 5.08. The summed E-state index contributed by atoms with van der Waals surface area (Å²) in [4.78, 5) is 13.1. The average molecular weight is 400 g/mol. The molecule has 0 saturated heterocycles. The van der Waals surface area contributed by atoms with E-state index >= 15 is 0 Å². The van der Waals surface area contributed by atoms with Crippen LogP contribution >= 0.6 is 0 Å². The van der Waals surface area contributed by atoms with Gasteiger partial charge in [-0.25, -0.2) is 5.43 Å². The first-order valence-electron chi connectivity index (χ1n) is 9.87.